The largest absolute Gasteiger partial charge is 0.330 e. The number of nitrogens with zero attached hydrogens (tertiary/aromatic N) is 6. The van der Waals surface area contributed by atoms with Crippen molar-refractivity contribution in [3.05, 3.63) is 207 Å². The Hall–Kier alpha value is -7.26. The van der Waals surface area contributed by atoms with Gasteiger partial charge in [-0.1, -0.05) is 84.9 Å². The van der Waals surface area contributed by atoms with Gasteiger partial charge in [-0.05, 0) is 119 Å². The Morgan fingerprint density at radius 1 is 0.350 bits per heavy atom. The molecule has 10 rings (SSSR count). The average Bonchev–Trinajstić information content (AvgIpc) is 4.14. The zero-order valence-electron chi connectivity index (χ0n) is 33.1. The van der Waals surface area contributed by atoms with E-state index in [9.17, 15) is 0 Å². The fourth-order valence-electron chi connectivity index (χ4n) is 7.85. The second-order valence-corrected chi connectivity index (χ2v) is 16.7. The third-order valence-electron chi connectivity index (χ3n) is 10.9. The molecule has 0 unspecified atom stereocenters. The van der Waals surface area contributed by atoms with Crippen molar-refractivity contribution in [3.8, 4) is 53.2 Å². The molecule has 4 aromatic carbocycles. The van der Waals surface area contributed by atoms with E-state index in [0.29, 0.717) is 0 Å². The van der Waals surface area contributed by atoms with Crippen LogP contribution in [0.15, 0.2) is 207 Å². The third kappa shape index (κ3) is 7.12. The molecular formula is C52H40N6S2. The summed E-state index contributed by atoms with van der Waals surface area (Å²) in [6.45, 7) is 0. The van der Waals surface area contributed by atoms with Crippen molar-refractivity contribution in [2.75, 3.05) is 9.80 Å². The lowest BCUT2D eigenvalue weighted by molar-refractivity contribution is 0.920. The van der Waals surface area contributed by atoms with E-state index in [1.165, 1.54) is 41.8 Å². The molecule has 6 heterocycles. The van der Waals surface area contributed by atoms with Crippen LogP contribution < -0.4 is 9.80 Å². The van der Waals surface area contributed by atoms with E-state index in [0.717, 1.165) is 45.8 Å². The highest BCUT2D eigenvalue weighted by atomic mass is 32.1. The number of hydrogen-bond acceptors (Lipinski definition) is 6. The van der Waals surface area contributed by atoms with Gasteiger partial charge >= 0.3 is 0 Å². The van der Waals surface area contributed by atoms with Crippen LogP contribution >= 0.6 is 22.7 Å². The van der Waals surface area contributed by atoms with E-state index < -0.39 is 0 Å². The van der Waals surface area contributed by atoms with Gasteiger partial charge in [0.05, 0.1) is 23.8 Å². The molecule has 0 amide bonds. The van der Waals surface area contributed by atoms with Gasteiger partial charge in [-0.15, -0.1) is 22.7 Å². The van der Waals surface area contributed by atoms with E-state index in [1.807, 2.05) is 59.6 Å². The summed E-state index contributed by atoms with van der Waals surface area (Å²) in [5.41, 5.74) is 11.2. The minimum atomic E-state index is 1.01. The van der Waals surface area contributed by atoms with Crippen molar-refractivity contribution in [3.63, 3.8) is 0 Å². The maximum atomic E-state index is 4.46. The smallest absolute Gasteiger partial charge is 0.117 e. The lowest BCUT2D eigenvalue weighted by Crippen LogP contribution is -2.13. The summed E-state index contributed by atoms with van der Waals surface area (Å²) in [5.74, 6) is 2.13. The number of rotatable bonds is 11. The average molecular weight is 813 g/mol. The van der Waals surface area contributed by atoms with Crippen LogP contribution in [0.3, 0.4) is 0 Å². The van der Waals surface area contributed by atoms with Gasteiger partial charge in [-0.25, -0.2) is 0 Å². The summed E-state index contributed by atoms with van der Waals surface area (Å²) in [4.78, 5) is 18.5. The van der Waals surface area contributed by atoms with Crippen molar-refractivity contribution in [1.82, 2.24) is 19.1 Å². The highest BCUT2D eigenvalue weighted by Crippen LogP contribution is 2.43. The SMILES string of the molecule is Cn1c(-c2ccccc2)ccc1N(c1ccc(-c2ccc(-c3ccc(-c4ccc(N(c5cccnc5)c5ccc(-c6ccccc6)n5C)cc4)s3)s2)cc1)c1cccnc1. The molecule has 290 valence electrons. The van der Waals surface area contributed by atoms with Gasteiger partial charge in [0.1, 0.15) is 11.6 Å². The van der Waals surface area contributed by atoms with Gasteiger partial charge in [-0.3, -0.25) is 19.8 Å². The van der Waals surface area contributed by atoms with Gasteiger partial charge in [-0.2, -0.15) is 0 Å². The third-order valence-corrected chi connectivity index (χ3v) is 13.3. The van der Waals surface area contributed by atoms with E-state index in [1.54, 1.807) is 0 Å². The van der Waals surface area contributed by atoms with Crippen molar-refractivity contribution in [2.24, 2.45) is 14.1 Å². The lowest BCUT2D eigenvalue weighted by Gasteiger charge is -2.26. The zero-order chi connectivity index (χ0) is 40.4. The Balaban J connectivity index is 0.893. The number of hydrogen-bond donors (Lipinski definition) is 0. The Morgan fingerprint density at radius 2 is 0.750 bits per heavy atom. The first-order valence-corrected chi connectivity index (χ1v) is 21.5. The molecule has 0 aliphatic rings. The Labute approximate surface area is 358 Å². The summed E-state index contributed by atoms with van der Waals surface area (Å²) in [7, 11) is 4.25. The lowest BCUT2D eigenvalue weighted by atomic mass is 10.1. The van der Waals surface area contributed by atoms with Gasteiger partial charge in [0.2, 0.25) is 0 Å². The molecule has 0 atom stereocenters. The van der Waals surface area contributed by atoms with E-state index in [-0.39, 0.29) is 0 Å². The normalized spacial score (nSPS) is 11.2. The Bertz CT molecular complexity index is 2780. The van der Waals surface area contributed by atoms with E-state index in [2.05, 4.69) is 213 Å². The standard InChI is InChI=1S/C52H40N6S2/c1-55-45(37-11-5-3-6-12-37)25-31-51(55)57(43-15-9-33-53-35-43)41-21-17-39(18-22-41)47-27-29-49(59-47)50-30-28-48(60-50)40-19-23-42(24-20-40)58(44-16-10-34-54-36-44)52-32-26-46(56(52)2)38-13-7-4-8-14-38/h3-36H,1-2H3. The summed E-state index contributed by atoms with van der Waals surface area (Å²) in [6, 6.07) is 64.7. The van der Waals surface area contributed by atoms with Crippen LogP contribution in [0, 0.1) is 0 Å². The number of pyridine rings is 2. The van der Waals surface area contributed by atoms with Crippen LogP contribution in [0.1, 0.15) is 0 Å². The van der Waals surface area contributed by atoms with Crippen molar-refractivity contribution in [1.29, 1.82) is 0 Å². The predicted molar refractivity (Wildman–Crippen MR) is 252 cm³/mol. The second kappa shape index (κ2) is 16.2. The molecular weight excluding hydrogens is 773 g/mol. The summed E-state index contributed by atoms with van der Waals surface area (Å²) >= 11 is 3.66. The molecule has 60 heavy (non-hydrogen) atoms. The van der Waals surface area contributed by atoms with E-state index >= 15 is 0 Å². The van der Waals surface area contributed by atoms with Gasteiger partial charge in [0.25, 0.3) is 0 Å². The van der Waals surface area contributed by atoms with Crippen molar-refractivity contribution in [2.45, 2.75) is 0 Å². The van der Waals surface area contributed by atoms with Crippen molar-refractivity contribution < 1.29 is 0 Å². The predicted octanol–water partition coefficient (Wildman–Crippen LogP) is 14.6. The van der Waals surface area contributed by atoms with Gasteiger partial charge in [0, 0.05) is 68.8 Å². The molecule has 0 saturated carbocycles. The first-order chi connectivity index (χ1) is 29.6. The van der Waals surface area contributed by atoms with Crippen molar-refractivity contribution >= 4 is 57.1 Å². The molecule has 0 N–H and O–H groups in total. The molecule has 0 aliphatic heterocycles. The molecule has 0 radical (unpaired) electrons. The van der Waals surface area contributed by atoms with Crippen LogP contribution in [0.2, 0.25) is 0 Å². The number of anilines is 6. The quantitative estimate of drug-likeness (QED) is 0.130. The summed E-state index contributed by atoms with van der Waals surface area (Å²) < 4.78 is 4.49. The molecule has 0 spiro atoms. The fraction of sp³-hybridized carbons (Fsp3) is 0.0385. The number of benzene rings is 4. The van der Waals surface area contributed by atoms with Crippen LogP contribution in [0.25, 0.3) is 53.2 Å². The molecule has 0 bridgehead atoms. The molecule has 10 aromatic rings. The van der Waals surface area contributed by atoms with Crippen LogP contribution in [-0.4, -0.2) is 19.1 Å². The Kier molecular flexibility index (Phi) is 9.99. The fourth-order valence-corrected chi connectivity index (χ4v) is 9.96. The minimum absolute atomic E-state index is 1.01. The van der Waals surface area contributed by atoms with Crippen LogP contribution in [-0.2, 0) is 14.1 Å². The zero-order valence-corrected chi connectivity index (χ0v) is 34.8. The van der Waals surface area contributed by atoms with Crippen LogP contribution in [0.5, 0.6) is 0 Å². The van der Waals surface area contributed by atoms with Gasteiger partial charge < -0.3 is 9.13 Å². The molecule has 8 heteroatoms. The first kappa shape index (κ1) is 37.0. The second-order valence-electron chi connectivity index (χ2n) is 14.5. The number of aromatic nitrogens is 4. The maximum Gasteiger partial charge on any atom is 0.117 e. The molecule has 6 nitrogen and oxygen atoms in total. The minimum Gasteiger partial charge on any atom is -0.330 e. The molecule has 6 aromatic heterocycles. The van der Waals surface area contributed by atoms with E-state index in [4.69, 9.17) is 0 Å². The summed E-state index contributed by atoms with van der Waals surface area (Å²) in [5, 5.41) is 0. The number of thiophene rings is 2. The Morgan fingerprint density at radius 3 is 1.13 bits per heavy atom. The molecule has 0 saturated heterocycles. The molecule has 0 aliphatic carbocycles. The highest BCUT2D eigenvalue weighted by molar-refractivity contribution is 7.25. The summed E-state index contributed by atoms with van der Waals surface area (Å²) in [6.07, 6.45) is 7.47. The molecule has 0 fully saturated rings. The first-order valence-electron chi connectivity index (χ1n) is 19.8. The van der Waals surface area contributed by atoms with Gasteiger partial charge in [0.15, 0.2) is 0 Å². The van der Waals surface area contributed by atoms with Crippen LogP contribution in [0.4, 0.5) is 34.4 Å². The topological polar surface area (TPSA) is 42.1 Å². The maximum absolute atomic E-state index is 4.46. The monoisotopic (exact) mass is 812 g/mol. The highest BCUT2D eigenvalue weighted by Gasteiger charge is 2.20.